The van der Waals surface area contributed by atoms with Gasteiger partial charge < -0.3 is 15.0 Å². The molecule has 1 aromatic carbocycles. The fraction of sp³-hybridized carbons (Fsp3) is 0.533. The molecule has 1 amide bonds. The van der Waals surface area contributed by atoms with Crippen LogP contribution >= 0.6 is 15.9 Å². The third-order valence-corrected chi connectivity index (χ3v) is 4.98. The van der Waals surface area contributed by atoms with Crippen LogP contribution in [0.15, 0.2) is 22.7 Å². The van der Waals surface area contributed by atoms with Crippen LogP contribution in [0.2, 0.25) is 0 Å². The fourth-order valence-electron chi connectivity index (χ4n) is 3.18. The SMILES string of the molecule is COc1ccc(Br)c(C(=O)N2CC3CCCNC3C2)c1. The molecule has 0 aromatic heterocycles. The molecule has 0 bridgehead atoms. The number of methoxy groups -OCH3 is 1. The maximum Gasteiger partial charge on any atom is 0.255 e. The van der Waals surface area contributed by atoms with Crippen LogP contribution in [0.3, 0.4) is 0 Å². The van der Waals surface area contributed by atoms with E-state index in [-0.39, 0.29) is 5.91 Å². The molecule has 108 valence electrons. The number of carbonyl (C=O) groups is 1. The smallest absolute Gasteiger partial charge is 0.255 e. The summed E-state index contributed by atoms with van der Waals surface area (Å²) in [6.07, 6.45) is 2.44. The number of likely N-dealkylation sites (tertiary alicyclic amines) is 1. The lowest BCUT2D eigenvalue weighted by atomic mass is 9.94. The van der Waals surface area contributed by atoms with E-state index in [1.807, 2.05) is 23.1 Å². The highest BCUT2D eigenvalue weighted by Crippen LogP contribution is 2.29. The Balaban J connectivity index is 1.79. The molecular formula is C15H19BrN2O2. The summed E-state index contributed by atoms with van der Waals surface area (Å²) in [5.41, 5.74) is 0.683. The molecule has 2 aliphatic rings. The molecule has 1 N–H and O–H groups in total. The van der Waals surface area contributed by atoms with Gasteiger partial charge in [-0.2, -0.15) is 0 Å². The quantitative estimate of drug-likeness (QED) is 0.899. The zero-order chi connectivity index (χ0) is 14.1. The summed E-state index contributed by atoms with van der Waals surface area (Å²) in [6.45, 7) is 2.75. The van der Waals surface area contributed by atoms with Gasteiger partial charge in [0.25, 0.3) is 5.91 Å². The summed E-state index contributed by atoms with van der Waals surface area (Å²) >= 11 is 3.47. The number of fused-ring (bicyclic) bond motifs is 1. The van der Waals surface area contributed by atoms with Crippen LogP contribution in [0.4, 0.5) is 0 Å². The highest BCUT2D eigenvalue weighted by atomic mass is 79.9. The van der Waals surface area contributed by atoms with Crippen molar-refractivity contribution in [2.24, 2.45) is 5.92 Å². The van der Waals surface area contributed by atoms with Gasteiger partial charge in [-0.05, 0) is 59.4 Å². The van der Waals surface area contributed by atoms with Crippen molar-refractivity contribution in [3.63, 3.8) is 0 Å². The molecule has 0 aliphatic carbocycles. The van der Waals surface area contributed by atoms with Crippen molar-refractivity contribution in [2.45, 2.75) is 18.9 Å². The van der Waals surface area contributed by atoms with Crippen LogP contribution in [0, 0.1) is 5.92 Å². The molecule has 2 fully saturated rings. The molecule has 2 atom stereocenters. The van der Waals surface area contributed by atoms with E-state index in [0.29, 0.717) is 23.3 Å². The second kappa shape index (κ2) is 5.74. The standard InChI is InChI=1S/C15H19BrN2O2/c1-20-11-4-5-13(16)12(7-11)15(19)18-8-10-3-2-6-17-14(10)9-18/h4-5,7,10,14,17H,2-3,6,8-9H2,1H3. The highest BCUT2D eigenvalue weighted by molar-refractivity contribution is 9.10. The summed E-state index contributed by atoms with van der Waals surface area (Å²) in [6, 6.07) is 6.00. The van der Waals surface area contributed by atoms with Gasteiger partial charge in [-0.3, -0.25) is 4.79 Å². The molecule has 2 saturated heterocycles. The molecule has 2 unspecified atom stereocenters. The number of halogens is 1. The van der Waals surface area contributed by atoms with Crippen LogP contribution < -0.4 is 10.1 Å². The summed E-state index contributed by atoms with van der Waals surface area (Å²) in [5.74, 6) is 1.41. The van der Waals surface area contributed by atoms with Gasteiger partial charge in [0.15, 0.2) is 0 Å². The second-order valence-electron chi connectivity index (χ2n) is 5.52. The van der Waals surface area contributed by atoms with Crippen molar-refractivity contribution in [3.05, 3.63) is 28.2 Å². The van der Waals surface area contributed by atoms with Crippen molar-refractivity contribution < 1.29 is 9.53 Å². The molecule has 0 spiro atoms. The first-order valence-electron chi connectivity index (χ1n) is 7.05. The molecule has 2 aliphatic heterocycles. The third kappa shape index (κ3) is 2.56. The van der Waals surface area contributed by atoms with Gasteiger partial charge in [-0.15, -0.1) is 0 Å². The van der Waals surface area contributed by atoms with E-state index in [9.17, 15) is 4.79 Å². The lowest BCUT2D eigenvalue weighted by Gasteiger charge is -2.24. The summed E-state index contributed by atoms with van der Waals surface area (Å²) in [7, 11) is 1.62. The van der Waals surface area contributed by atoms with E-state index in [4.69, 9.17) is 4.74 Å². The van der Waals surface area contributed by atoms with E-state index in [1.165, 1.54) is 12.8 Å². The van der Waals surface area contributed by atoms with Crippen LogP contribution in [0.1, 0.15) is 23.2 Å². The Labute approximate surface area is 127 Å². The van der Waals surface area contributed by atoms with E-state index in [1.54, 1.807) is 7.11 Å². The van der Waals surface area contributed by atoms with Crippen molar-refractivity contribution >= 4 is 21.8 Å². The monoisotopic (exact) mass is 338 g/mol. The first-order valence-corrected chi connectivity index (χ1v) is 7.84. The maximum absolute atomic E-state index is 12.7. The molecule has 5 heteroatoms. The molecule has 2 heterocycles. The average molecular weight is 339 g/mol. The Morgan fingerprint density at radius 2 is 2.30 bits per heavy atom. The van der Waals surface area contributed by atoms with Gasteiger partial charge in [0.05, 0.1) is 12.7 Å². The van der Waals surface area contributed by atoms with Crippen molar-refractivity contribution in [1.82, 2.24) is 10.2 Å². The minimum absolute atomic E-state index is 0.0898. The third-order valence-electron chi connectivity index (χ3n) is 4.29. The first kappa shape index (κ1) is 13.9. The molecule has 20 heavy (non-hydrogen) atoms. The van der Waals surface area contributed by atoms with E-state index >= 15 is 0 Å². The van der Waals surface area contributed by atoms with Gasteiger partial charge in [0, 0.05) is 23.6 Å². The van der Waals surface area contributed by atoms with Gasteiger partial charge in [0.2, 0.25) is 0 Å². The van der Waals surface area contributed by atoms with Gasteiger partial charge in [-0.1, -0.05) is 0 Å². The molecule has 3 rings (SSSR count). The number of nitrogens with one attached hydrogen (secondary N) is 1. The predicted molar refractivity (Wildman–Crippen MR) is 81.1 cm³/mol. The van der Waals surface area contributed by atoms with Gasteiger partial charge >= 0.3 is 0 Å². The van der Waals surface area contributed by atoms with Crippen molar-refractivity contribution in [1.29, 1.82) is 0 Å². The zero-order valence-electron chi connectivity index (χ0n) is 11.6. The van der Waals surface area contributed by atoms with Gasteiger partial charge in [0.1, 0.15) is 5.75 Å². The Morgan fingerprint density at radius 1 is 1.45 bits per heavy atom. The fourth-order valence-corrected chi connectivity index (χ4v) is 3.59. The number of hydrogen-bond acceptors (Lipinski definition) is 3. The Hall–Kier alpha value is -1.07. The van der Waals surface area contributed by atoms with E-state index < -0.39 is 0 Å². The molecule has 4 nitrogen and oxygen atoms in total. The lowest BCUT2D eigenvalue weighted by Crippen LogP contribution is -2.41. The number of nitrogens with zero attached hydrogens (tertiary/aromatic N) is 1. The zero-order valence-corrected chi connectivity index (χ0v) is 13.1. The number of piperidine rings is 1. The highest BCUT2D eigenvalue weighted by Gasteiger charge is 2.37. The van der Waals surface area contributed by atoms with E-state index in [2.05, 4.69) is 21.2 Å². The second-order valence-corrected chi connectivity index (χ2v) is 6.37. The van der Waals surface area contributed by atoms with Crippen molar-refractivity contribution in [3.8, 4) is 5.75 Å². The van der Waals surface area contributed by atoms with E-state index in [0.717, 1.165) is 24.1 Å². The largest absolute Gasteiger partial charge is 0.497 e. The maximum atomic E-state index is 12.7. The van der Waals surface area contributed by atoms with Crippen LogP contribution in [-0.4, -0.2) is 43.6 Å². The number of amides is 1. The summed E-state index contributed by atoms with van der Waals surface area (Å²) < 4.78 is 6.04. The first-order chi connectivity index (χ1) is 9.69. The summed E-state index contributed by atoms with van der Waals surface area (Å²) in [4.78, 5) is 14.7. The topological polar surface area (TPSA) is 41.6 Å². The molecular weight excluding hydrogens is 320 g/mol. The lowest BCUT2D eigenvalue weighted by molar-refractivity contribution is 0.0784. The number of carbonyl (C=O) groups excluding carboxylic acids is 1. The van der Waals surface area contributed by atoms with Crippen LogP contribution in [-0.2, 0) is 0 Å². The number of rotatable bonds is 2. The Bertz CT molecular complexity index is 507. The van der Waals surface area contributed by atoms with Gasteiger partial charge in [-0.25, -0.2) is 0 Å². The van der Waals surface area contributed by atoms with Crippen LogP contribution in [0.25, 0.3) is 0 Å². The minimum Gasteiger partial charge on any atom is -0.497 e. The molecule has 0 saturated carbocycles. The normalized spacial score (nSPS) is 25.4. The number of ether oxygens (including phenoxy) is 1. The minimum atomic E-state index is 0.0898. The van der Waals surface area contributed by atoms with Crippen LogP contribution in [0.5, 0.6) is 5.75 Å². The van der Waals surface area contributed by atoms with Crippen molar-refractivity contribution in [2.75, 3.05) is 26.7 Å². The molecule has 1 aromatic rings. The molecule has 0 radical (unpaired) electrons. The Kier molecular flexibility index (Phi) is 3.98. The number of benzene rings is 1. The summed E-state index contributed by atoms with van der Waals surface area (Å²) in [5, 5.41) is 3.52. The number of hydrogen-bond donors (Lipinski definition) is 1. The predicted octanol–water partition coefficient (Wildman–Crippen LogP) is 2.28. The average Bonchev–Trinajstić information content (AvgIpc) is 2.91. The Morgan fingerprint density at radius 3 is 3.05 bits per heavy atom.